The Kier molecular flexibility index (Phi) is 5.28. The van der Waals surface area contributed by atoms with E-state index in [1.165, 1.54) is 0 Å². The highest BCUT2D eigenvalue weighted by Gasteiger charge is 2.43. The van der Waals surface area contributed by atoms with Crippen molar-refractivity contribution in [3.63, 3.8) is 0 Å². The minimum absolute atomic E-state index is 0.0357. The van der Waals surface area contributed by atoms with Gasteiger partial charge in [-0.2, -0.15) is 0 Å². The molecule has 2 bridgehead atoms. The summed E-state index contributed by atoms with van der Waals surface area (Å²) in [6.07, 6.45) is 7.63. The van der Waals surface area contributed by atoms with Crippen LogP contribution in [0.15, 0.2) is 48.9 Å². The molecule has 0 amide bonds. The number of aldehydes is 1. The fraction of sp³-hybridized carbons (Fsp3) is 0.304. The number of carbonyl (C=O) groups is 1. The van der Waals surface area contributed by atoms with Crippen LogP contribution < -0.4 is 9.64 Å². The fourth-order valence-corrected chi connectivity index (χ4v) is 4.81. The molecule has 1 saturated carbocycles. The van der Waals surface area contributed by atoms with Crippen molar-refractivity contribution in [2.24, 2.45) is 5.92 Å². The second kappa shape index (κ2) is 8.23. The summed E-state index contributed by atoms with van der Waals surface area (Å²) in [4.78, 5) is 26.8. The van der Waals surface area contributed by atoms with Gasteiger partial charge >= 0.3 is 0 Å². The zero-order valence-corrected chi connectivity index (χ0v) is 17.4. The molecule has 0 radical (unpaired) electrons. The van der Waals surface area contributed by atoms with Gasteiger partial charge in [0.1, 0.15) is 6.10 Å². The zero-order chi connectivity index (χ0) is 21.4. The van der Waals surface area contributed by atoms with Crippen molar-refractivity contribution in [2.45, 2.75) is 31.4 Å². The van der Waals surface area contributed by atoms with Crippen LogP contribution in [0.4, 0.5) is 10.1 Å². The van der Waals surface area contributed by atoms with Crippen molar-refractivity contribution >= 4 is 23.6 Å². The third kappa shape index (κ3) is 3.85. The van der Waals surface area contributed by atoms with Crippen LogP contribution in [-0.4, -0.2) is 39.9 Å². The van der Waals surface area contributed by atoms with E-state index in [-0.39, 0.29) is 12.1 Å². The Morgan fingerprint density at radius 1 is 1.10 bits per heavy atom. The molecule has 2 saturated heterocycles. The summed E-state index contributed by atoms with van der Waals surface area (Å²) >= 11 is 5.94. The topological polar surface area (TPSA) is 68.2 Å². The number of piperidine rings is 2. The molecule has 2 aliphatic heterocycles. The Morgan fingerprint density at radius 3 is 2.65 bits per heavy atom. The maximum absolute atomic E-state index is 13.3. The summed E-state index contributed by atoms with van der Waals surface area (Å²) in [6.45, 7) is 0.854. The number of nitrogens with zero attached hydrogens (tertiary/aromatic N) is 4. The molecule has 1 aromatic carbocycles. The van der Waals surface area contributed by atoms with Crippen LogP contribution >= 0.6 is 11.6 Å². The van der Waals surface area contributed by atoms with E-state index in [1.54, 1.807) is 24.4 Å². The number of rotatable bonds is 5. The van der Waals surface area contributed by atoms with Crippen LogP contribution in [0.3, 0.4) is 0 Å². The highest BCUT2D eigenvalue weighted by Crippen LogP contribution is 2.41. The van der Waals surface area contributed by atoms with E-state index in [0.717, 1.165) is 50.2 Å². The van der Waals surface area contributed by atoms with Gasteiger partial charge in [-0.05, 0) is 37.3 Å². The summed E-state index contributed by atoms with van der Waals surface area (Å²) in [5, 5.41) is 0.564. The lowest BCUT2D eigenvalue weighted by atomic mass is 9.77. The first-order chi connectivity index (χ1) is 15.1. The number of pyridine rings is 1. The van der Waals surface area contributed by atoms with Crippen molar-refractivity contribution in [3.8, 4) is 17.3 Å². The quantitative estimate of drug-likeness (QED) is 0.543. The lowest BCUT2D eigenvalue weighted by molar-refractivity contribution is 0.0662. The molecule has 4 heterocycles. The first-order valence-corrected chi connectivity index (χ1v) is 10.6. The van der Waals surface area contributed by atoms with Crippen molar-refractivity contribution in [1.82, 2.24) is 15.0 Å². The van der Waals surface area contributed by atoms with Gasteiger partial charge in [-0.15, -0.1) is 0 Å². The van der Waals surface area contributed by atoms with Crippen LogP contribution in [0.5, 0.6) is 5.88 Å². The molecular weight excluding hydrogens is 419 g/mol. The molecule has 8 heteroatoms. The molecule has 2 aromatic heterocycles. The van der Waals surface area contributed by atoms with Gasteiger partial charge < -0.3 is 9.64 Å². The van der Waals surface area contributed by atoms with Crippen LogP contribution in [-0.2, 0) is 0 Å². The minimum Gasteiger partial charge on any atom is -0.472 e. The number of fused-ring (bicyclic) bond motifs is 3. The molecule has 0 N–H and O–H groups in total. The fourth-order valence-electron chi connectivity index (χ4n) is 4.70. The van der Waals surface area contributed by atoms with Crippen LogP contribution in [0.2, 0.25) is 5.02 Å². The van der Waals surface area contributed by atoms with E-state index >= 15 is 0 Å². The number of ether oxygens (including phenoxy) is 1. The average molecular weight is 439 g/mol. The second-order valence-electron chi connectivity index (χ2n) is 7.95. The highest BCUT2D eigenvalue weighted by molar-refractivity contribution is 6.30. The van der Waals surface area contributed by atoms with Gasteiger partial charge in [0.15, 0.2) is 17.9 Å². The Bertz CT molecular complexity index is 1090. The van der Waals surface area contributed by atoms with E-state index in [9.17, 15) is 9.18 Å². The van der Waals surface area contributed by atoms with Crippen LogP contribution in [0.25, 0.3) is 11.4 Å². The number of hydrogen-bond acceptors (Lipinski definition) is 6. The standard InChI is InChI=1S/C23H20ClFN4O2/c24-15-5-7-22(26-9-15)31-21-8-14-4-6-20(21)29(12-14)19-3-1-2-17(18(19)13-30)23-27-10-16(25)11-28-23/h1-3,5,7,9-11,13-14,20-21H,4,6,8,12H2/t14-,20+,21-/m1/s1. The first-order valence-electron chi connectivity index (χ1n) is 10.2. The lowest BCUT2D eigenvalue weighted by Crippen LogP contribution is -2.58. The Balaban J connectivity index is 1.48. The average Bonchev–Trinajstić information content (AvgIpc) is 2.81. The van der Waals surface area contributed by atoms with Crippen molar-refractivity contribution in [1.29, 1.82) is 0 Å². The minimum atomic E-state index is -0.517. The van der Waals surface area contributed by atoms with E-state index in [4.69, 9.17) is 16.3 Å². The van der Waals surface area contributed by atoms with Gasteiger partial charge in [-0.25, -0.2) is 19.3 Å². The van der Waals surface area contributed by atoms with Crippen LogP contribution in [0.1, 0.15) is 29.6 Å². The summed E-state index contributed by atoms with van der Waals surface area (Å²) < 4.78 is 19.5. The van der Waals surface area contributed by atoms with Gasteiger partial charge in [-0.3, -0.25) is 4.79 Å². The van der Waals surface area contributed by atoms with Gasteiger partial charge in [0.05, 0.1) is 23.5 Å². The smallest absolute Gasteiger partial charge is 0.213 e. The molecule has 1 aliphatic carbocycles. The van der Waals surface area contributed by atoms with E-state index in [1.807, 2.05) is 12.1 Å². The molecule has 31 heavy (non-hydrogen) atoms. The summed E-state index contributed by atoms with van der Waals surface area (Å²) in [7, 11) is 0. The maximum Gasteiger partial charge on any atom is 0.213 e. The van der Waals surface area contributed by atoms with Crippen LogP contribution in [0, 0.1) is 11.7 Å². The molecule has 3 atom stereocenters. The monoisotopic (exact) mass is 438 g/mol. The molecule has 6 rings (SSSR count). The number of aromatic nitrogens is 3. The number of carbonyl (C=O) groups excluding carboxylic acids is 1. The summed E-state index contributed by atoms with van der Waals surface area (Å²) in [5.41, 5.74) is 1.92. The van der Waals surface area contributed by atoms with E-state index in [0.29, 0.717) is 33.8 Å². The Morgan fingerprint density at radius 2 is 1.94 bits per heavy atom. The molecule has 6 nitrogen and oxygen atoms in total. The molecule has 158 valence electrons. The first kappa shape index (κ1) is 19.9. The normalized spacial score (nSPS) is 22.4. The third-order valence-electron chi connectivity index (χ3n) is 6.06. The highest BCUT2D eigenvalue weighted by atomic mass is 35.5. The van der Waals surface area contributed by atoms with Gasteiger partial charge in [0.25, 0.3) is 0 Å². The Labute approximate surface area is 184 Å². The number of anilines is 1. The van der Waals surface area contributed by atoms with E-state index < -0.39 is 5.82 Å². The van der Waals surface area contributed by atoms with Gasteiger partial charge in [0.2, 0.25) is 5.88 Å². The van der Waals surface area contributed by atoms with Gasteiger partial charge in [0, 0.05) is 35.6 Å². The number of halogens is 2. The number of hydrogen-bond donors (Lipinski definition) is 0. The predicted octanol–water partition coefficient (Wildman–Crippen LogP) is 4.58. The molecule has 0 spiro atoms. The molecule has 3 fully saturated rings. The summed E-state index contributed by atoms with van der Waals surface area (Å²) in [5.74, 6) is 0.820. The molecular formula is C23H20ClFN4O2. The summed E-state index contributed by atoms with van der Waals surface area (Å²) in [6, 6.07) is 9.26. The molecule has 0 unspecified atom stereocenters. The maximum atomic E-state index is 13.3. The van der Waals surface area contributed by atoms with Crippen molar-refractivity contribution < 1.29 is 13.9 Å². The lowest BCUT2D eigenvalue weighted by Gasteiger charge is -2.50. The van der Waals surface area contributed by atoms with E-state index in [2.05, 4.69) is 19.9 Å². The van der Waals surface area contributed by atoms with Crippen molar-refractivity contribution in [3.05, 3.63) is 65.3 Å². The SMILES string of the molecule is O=Cc1c(-c2ncc(F)cn2)cccc1N1C[C@@H]2CC[C@H]1[C@H](Oc1ccc(Cl)cn1)C2. The zero-order valence-electron chi connectivity index (χ0n) is 16.6. The predicted molar refractivity (Wildman–Crippen MR) is 115 cm³/mol. The van der Waals surface area contributed by atoms with Crippen molar-refractivity contribution in [2.75, 3.05) is 11.4 Å². The second-order valence-corrected chi connectivity index (χ2v) is 8.39. The molecule has 3 aliphatic rings. The van der Waals surface area contributed by atoms with Gasteiger partial charge in [-0.1, -0.05) is 23.7 Å². The molecule has 3 aromatic rings. The Hall–Kier alpha value is -3.06. The largest absolute Gasteiger partial charge is 0.472 e. The number of benzene rings is 1. The third-order valence-corrected chi connectivity index (χ3v) is 6.29.